The molecule has 2 heteroatoms. The molecule has 2 nitrogen and oxygen atoms in total. The topological polar surface area (TPSA) is 24.7 Å². The lowest BCUT2D eigenvalue weighted by Gasteiger charge is -2.30. The molecule has 0 spiro atoms. The molecule has 1 aliphatic carbocycles. The van der Waals surface area contributed by atoms with Gasteiger partial charge >= 0.3 is 0 Å². The van der Waals surface area contributed by atoms with E-state index >= 15 is 0 Å². The summed E-state index contributed by atoms with van der Waals surface area (Å²) in [6.45, 7) is 9.07. The van der Waals surface area contributed by atoms with Gasteiger partial charge in [-0.2, -0.15) is 10.2 Å². The highest BCUT2D eigenvalue weighted by atomic mass is 15.2. The average Bonchev–Trinajstić information content (AvgIpc) is 2.86. The second kappa shape index (κ2) is 6.36. The third kappa shape index (κ3) is 2.64. The zero-order valence-corrected chi connectivity index (χ0v) is 14.3. The van der Waals surface area contributed by atoms with Gasteiger partial charge in [-0.05, 0) is 42.7 Å². The molecule has 3 rings (SSSR count). The third-order valence-corrected chi connectivity index (χ3v) is 5.61. The lowest BCUT2D eigenvalue weighted by Crippen LogP contribution is -2.33. The largest absolute Gasteiger partial charge is 0.160 e. The molecule has 1 heterocycles. The van der Waals surface area contributed by atoms with Gasteiger partial charge in [-0.15, -0.1) is 0 Å². The Kier molecular flexibility index (Phi) is 4.46. The molecule has 1 fully saturated rings. The summed E-state index contributed by atoms with van der Waals surface area (Å²) in [5.41, 5.74) is 5.14. The molecule has 0 aromatic heterocycles. The summed E-state index contributed by atoms with van der Waals surface area (Å²) in [6, 6.07) is 8.98. The van der Waals surface area contributed by atoms with Crippen molar-refractivity contribution in [2.45, 2.75) is 53.4 Å². The summed E-state index contributed by atoms with van der Waals surface area (Å²) in [7, 11) is 0. The van der Waals surface area contributed by atoms with Crippen LogP contribution in [-0.2, 0) is 6.42 Å². The molecule has 118 valence electrons. The lowest BCUT2D eigenvalue weighted by molar-refractivity contribution is 0.418. The smallest absolute Gasteiger partial charge is 0.0742 e. The number of rotatable bonds is 4. The standard InChI is InChI=1S/C20H28N2/c1-5-7-17-12-13(3)18-14(4)21-22-20(19(17)18)16-10-8-15(6-2)9-11-16/h8-11,13,17-19H,5-7,12H2,1-4H3. The molecule has 1 saturated carbocycles. The van der Waals surface area contributed by atoms with E-state index in [1.165, 1.54) is 41.8 Å². The second-order valence-corrected chi connectivity index (χ2v) is 7.09. The van der Waals surface area contributed by atoms with Crippen molar-refractivity contribution in [2.24, 2.45) is 33.9 Å². The minimum absolute atomic E-state index is 0.569. The van der Waals surface area contributed by atoms with Gasteiger partial charge < -0.3 is 0 Å². The van der Waals surface area contributed by atoms with E-state index in [4.69, 9.17) is 0 Å². The van der Waals surface area contributed by atoms with Crippen LogP contribution in [0.1, 0.15) is 58.1 Å². The van der Waals surface area contributed by atoms with Crippen LogP contribution in [0.3, 0.4) is 0 Å². The third-order valence-electron chi connectivity index (χ3n) is 5.61. The van der Waals surface area contributed by atoms with Crippen LogP contribution >= 0.6 is 0 Å². The number of nitrogens with zero attached hydrogens (tertiary/aromatic N) is 2. The van der Waals surface area contributed by atoms with Crippen LogP contribution in [0.5, 0.6) is 0 Å². The molecule has 0 bridgehead atoms. The zero-order valence-electron chi connectivity index (χ0n) is 14.3. The summed E-state index contributed by atoms with van der Waals surface area (Å²) in [6.07, 6.45) is 4.98. The molecule has 0 radical (unpaired) electrons. The molecule has 0 saturated heterocycles. The fourth-order valence-corrected chi connectivity index (χ4v) is 4.58. The van der Waals surface area contributed by atoms with Crippen molar-refractivity contribution in [2.75, 3.05) is 0 Å². The maximum atomic E-state index is 4.65. The Balaban J connectivity index is 1.97. The molecule has 4 unspecified atom stereocenters. The Morgan fingerprint density at radius 2 is 1.77 bits per heavy atom. The van der Waals surface area contributed by atoms with Gasteiger partial charge in [0.1, 0.15) is 0 Å². The van der Waals surface area contributed by atoms with Crippen molar-refractivity contribution < 1.29 is 0 Å². The van der Waals surface area contributed by atoms with Gasteiger partial charge in [0, 0.05) is 17.5 Å². The fraction of sp³-hybridized carbons (Fsp3) is 0.600. The maximum absolute atomic E-state index is 4.65. The normalized spacial score (nSPS) is 30.7. The first-order valence-electron chi connectivity index (χ1n) is 8.87. The first kappa shape index (κ1) is 15.5. The van der Waals surface area contributed by atoms with Gasteiger partial charge in [0.15, 0.2) is 0 Å². The van der Waals surface area contributed by atoms with E-state index in [9.17, 15) is 0 Å². The quantitative estimate of drug-likeness (QED) is 0.737. The van der Waals surface area contributed by atoms with Gasteiger partial charge in [-0.3, -0.25) is 0 Å². The van der Waals surface area contributed by atoms with E-state index in [1.54, 1.807) is 0 Å². The van der Waals surface area contributed by atoms with Gasteiger partial charge in [-0.1, -0.05) is 57.9 Å². The first-order chi connectivity index (χ1) is 10.7. The van der Waals surface area contributed by atoms with E-state index in [2.05, 4.69) is 62.2 Å². The predicted octanol–water partition coefficient (Wildman–Crippen LogP) is 5.12. The van der Waals surface area contributed by atoms with Crippen LogP contribution in [0.25, 0.3) is 0 Å². The fourth-order valence-electron chi connectivity index (χ4n) is 4.58. The SMILES string of the molecule is CCCC1CC(C)C2C(C)=NN=C(c3ccc(CC)cc3)C12. The Bertz CT molecular complexity index is 582. The van der Waals surface area contributed by atoms with Crippen LogP contribution < -0.4 is 0 Å². The molecule has 1 aromatic rings. The van der Waals surface area contributed by atoms with Crippen LogP contribution in [0.2, 0.25) is 0 Å². The number of hydrogen-bond donors (Lipinski definition) is 0. The molecule has 2 aliphatic rings. The summed E-state index contributed by atoms with van der Waals surface area (Å²) >= 11 is 0. The summed E-state index contributed by atoms with van der Waals surface area (Å²) in [5.74, 6) is 2.65. The van der Waals surface area contributed by atoms with Crippen molar-refractivity contribution in [3.63, 3.8) is 0 Å². The molecular formula is C20H28N2. The number of fused-ring (bicyclic) bond motifs is 1. The average molecular weight is 296 g/mol. The molecular weight excluding hydrogens is 268 g/mol. The Hall–Kier alpha value is -1.44. The predicted molar refractivity (Wildman–Crippen MR) is 94.6 cm³/mol. The maximum Gasteiger partial charge on any atom is 0.0742 e. The number of aryl methyl sites for hydroxylation is 1. The minimum Gasteiger partial charge on any atom is -0.160 e. The highest BCUT2D eigenvalue weighted by Crippen LogP contribution is 2.47. The monoisotopic (exact) mass is 296 g/mol. The molecule has 1 aromatic carbocycles. The minimum atomic E-state index is 0.569. The summed E-state index contributed by atoms with van der Waals surface area (Å²) in [5, 5.41) is 9.17. The highest BCUT2D eigenvalue weighted by molar-refractivity contribution is 6.07. The molecule has 0 amide bonds. The van der Waals surface area contributed by atoms with Gasteiger partial charge in [0.05, 0.1) is 5.71 Å². The Morgan fingerprint density at radius 1 is 1.05 bits per heavy atom. The van der Waals surface area contributed by atoms with Gasteiger partial charge in [0.2, 0.25) is 0 Å². The van der Waals surface area contributed by atoms with Crippen LogP contribution in [0.15, 0.2) is 34.5 Å². The molecule has 22 heavy (non-hydrogen) atoms. The molecule has 1 aliphatic heterocycles. The van der Waals surface area contributed by atoms with E-state index in [-0.39, 0.29) is 0 Å². The molecule has 0 N–H and O–H groups in total. The van der Waals surface area contributed by atoms with Crippen LogP contribution in [0, 0.1) is 23.7 Å². The van der Waals surface area contributed by atoms with Crippen molar-refractivity contribution in [3.05, 3.63) is 35.4 Å². The Morgan fingerprint density at radius 3 is 2.41 bits per heavy atom. The van der Waals surface area contributed by atoms with Crippen LogP contribution in [-0.4, -0.2) is 11.4 Å². The first-order valence-corrected chi connectivity index (χ1v) is 8.87. The van der Waals surface area contributed by atoms with E-state index in [0.717, 1.165) is 18.3 Å². The summed E-state index contributed by atoms with van der Waals surface area (Å²) in [4.78, 5) is 0. The highest BCUT2D eigenvalue weighted by Gasteiger charge is 2.46. The van der Waals surface area contributed by atoms with E-state index < -0.39 is 0 Å². The zero-order chi connectivity index (χ0) is 15.7. The van der Waals surface area contributed by atoms with E-state index in [1.807, 2.05) is 0 Å². The van der Waals surface area contributed by atoms with Crippen molar-refractivity contribution in [3.8, 4) is 0 Å². The van der Waals surface area contributed by atoms with Crippen molar-refractivity contribution in [1.82, 2.24) is 0 Å². The van der Waals surface area contributed by atoms with Crippen molar-refractivity contribution in [1.29, 1.82) is 0 Å². The van der Waals surface area contributed by atoms with E-state index in [0.29, 0.717) is 11.8 Å². The summed E-state index contributed by atoms with van der Waals surface area (Å²) < 4.78 is 0. The number of hydrogen-bond acceptors (Lipinski definition) is 2. The Labute approximate surface area is 134 Å². The van der Waals surface area contributed by atoms with Crippen LogP contribution in [0.4, 0.5) is 0 Å². The van der Waals surface area contributed by atoms with Crippen molar-refractivity contribution >= 4 is 11.4 Å². The van der Waals surface area contributed by atoms with Gasteiger partial charge in [0.25, 0.3) is 0 Å². The van der Waals surface area contributed by atoms with Gasteiger partial charge in [-0.25, -0.2) is 0 Å². The second-order valence-electron chi connectivity index (χ2n) is 7.09. The number of benzene rings is 1. The lowest BCUT2D eigenvalue weighted by atomic mass is 9.77. The molecule has 4 atom stereocenters.